The molecule has 0 aliphatic rings. The van der Waals surface area contributed by atoms with E-state index in [-0.39, 0.29) is 12.5 Å². The SMILES string of the molecule is CCNC(CCCC(F)(F)F)c1cc(C)ccc1C. The Morgan fingerprint density at radius 3 is 2.47 bits per heavy atom. The number of hydrogen-bond acceptors (Lipinski definition) is 1. The average Bonchev–Trinajstić information content (AvgIpc) is 2.30. The van der Waals surface area contributed by atoms with Crippen LogP contribution in [-0.4, -0.2) is 12.7 Å². The van der Waals surface area contributed by atoms with E-state index >= 15 is 0 Å². The van der Waals surface area contributed by atoms with Gasteiger partial charge in [-0.15, -0.1) is 0 Å². The Morgan fingerprint density at radius 1 is 1.21 bits per heavy atom. The summed E-state index contributed by atoms with van der Waals surface area (Å²) >= 11 is 0. The van der Waals surface area contributed by atoms with Gasteiger partial charge in [0.05, 0.1) is 0 Å². The highest BCUT2D eigenvalue weighted by molar-refractivity contribution is 5.33. The van der Waals surface area contributed by atoms with Crippen molar-refractivity contribution in [2.45, 2.75) is 52.3 Å². The van der Waals surface area contributed by atoms with Gasteiger partial charge < -0.3 is 5.32 Å². The second-order valence-electron chi connectivity index (χ2n) is 4.98. The van der Waals surface area contributed by atoms with Gasteiger partial charge in [-0.25, -0.2) is 0 Å². The predicted molar refractivity (Wildman–Crippen MR) is 72.2 cm³/mol. The monoisotopic (exact) mass is 273 g/mol. The van der Waals surface area contributed by atoms with Crippen molar-refractivity contribution in [1.82, 2.24) is 5.32 Å². The van der Waals surface area contributed by atoms with E-state index in [0.717, 1.165) is 23.2 Å². The van der Waals surface area contributed by atoms with Crippen LogP contribution in [0.1, 0.15) is 48.9 Å². The molecule has 108 valence electrons. The van der Waals surface area contributed by atoms with Gasteiger partial charge in [-0.3, -0.25) is 0 Å². The molecule has 0 radical (unpaired) electrons. The van der Waals surface area contributed by atoms with E-state index < -0.39 is 12.6 Å². The Morgan fingerprint density at radius 2 is 1.89 bits per heavy atom. The standard InChI is InChI=1S/C15H22F3N/c1-4-19-14(6-5-9-15(16,17)18)13-10-11(2)7-8-12(13)3/h7-8,10,14,19H,4-6,9H2,1-3H3. The molecule has 0 aromatic heterocycles. The number of rotatable bonds is 6. The van der Waals surface area contributed by atoms with E-state index in [1.54, 1.807) is 0 Å². The van der Waals surface area contributed by atoms with Gasteiger partial charge in [0, 0.05) is 12.5 Å². The second kappa shape index (κ2) is 6.94. The fraction of sp³-hybridized carbons (Fsp3) is 0.600. The molecule has 1 atom stereocenters. The number of benzene rings is 1. The van der Waals surface area contributed by atoms with E-state index in [1.165, 1.54) is 0 Å². The molecule has 19 heavy (non-hydrogen) atoms. The molecule has 0 saturated carbocycles. The molecular weight excluding hydrogens is 251 g/mol. The number of alkyl halides is 3. The van der Waals surface area contributed by atoms with Gasteiger partial charge in [-0.1, -0.05) is 30.7 Å². The van der Waals surface area contributed by atoms with Crippen LogP contribution in [0.15, 0.2) is 18.2 Å². The topological polar surface area (TPSA) is 12.0 Å². The van der Waals surface area contributed by atoms with Crippen molar-refractivity contribution < 1.29 is 13.2 Å². The Balaban J connectivity index is 2.73. The molecule has 0 saturated heterocycles. The summed E-state index contributed by atoms with van der Waals surface area (Å²) in [4.78, 5) is 0. The fourth-order valence-corrected chi connectivity index (χ4v) is 2.26. The number of hydrogen-bond donors (Lipinski definition) is 1. The molecule has 0 heterocycles. The Hall–Kier alpha value is -1.03. The first-order valence-corrected chi connectivity index (χ1v) is 6.70. The van der Waals surface area contributed by atoms with Gasteiger partial charge in [0.15, 0.2) is 0 Å². The molecular formula is C15H22F3N. The summed E-state index contributed by atoms with van der Waals surface area (Å²) < 4.78 is 36.7. The summed E-state index contributed by atoms with van der Waals surface area (Å²) in [6, 6.07) is 6.12. The van der Waals surface area contributed by atoms with Crippen molar-refractivity contribution in [3.8, 4) is 0 Å². The Bertz CT molecular complexity index is 399. The van der Waals surface area contributed by atoms with Crippen molar-refractivity contribution in [1.29, 1.82) is 0 Å². The van der Waals surface area contributed by atoms with E-state index in [9.17, 15) is 13.2 Å². The van der Waals surface area contributed by atoms with Crippen LogP contribution in [0.2, 0.25) is 0 Å². The van der Waals surface area contributed by atoms with Crippen LogP contribution in [0.4, 0.5) is 13.2 Å². The summed E-state index contributed by atoms with van der Waals surface area (Å²) in [5.74, 6) is 0. The average molecular weight is 273 g/mol. The van der Waals surface area contributed by atoms with E-state index in [2.05, 4.69) is 11.4 Å². The zero-order valence-corrected chi connectivity index (χ0v) is 11.8. The lowest BCUT2D eigenvalue weighted by molar-refractivity contribution is -0.135. The van der Waals surface area contributed by atoms with Crippen molar-refractivity contribution in [2.24, 2.45) is 0 Å². The quantitative estimate of drug-likeness (QED) is 0.793. The van der Waals surface area contributed by atoms with Crippen LogP contribution >= 0.6 is 0 Å². The molecule has 1 aromatic rings. The fourth-order valence-electron chi connectivity index (χ4n) is 2.26. The minimum absolute atomic E-state index is 0.00671. The molecule has 1 aromatic carbocycles. The van der Waals surface area contributed by atoms with Crippen molar-refractivity contribution in [3.63, 3.8) is 0 Å². The molecule has 0 amide bonds. The second-order valence-corrected chi connectivity index (χ2v) is 4.98. The molecule has 1 rings (SSSR count). The van der Waals surface area contributed by atoms with Crippen molar-refractivity contribution in [2.75, 3.05) is 6.54 Å². The van der Waals surface area contributed by atoms with E-state index in [0.29, 0.717) is 6.42 Å². The summed E-state index contributed by atoms with van der Waals surface area (Å²) in [5, 5.41) is 3.29. The summed E-state index contributed by atoms with van der Waals surface area (Å²) in [5.41, 5.74) is 3.38. The van der Waals surface area contributed by atoms with Crippen LogP contribution in [0.3, 0.4) is 0 Å². The minimum atomic E-state index is -4.06. The largest absolute Gasteiger partial charge is 0.389 e. The lowest BCUT2D eigenvalue weighted by Gasteiger charge is -2.21. The van der Waals surface area contributed by atoms with E-state index in [4.69, 9.17) is 0 Å². The van der Waals surface area contributed by atoms with Crippen LogP contribution in [0.25, 0.3) is 0 Å². The third-order valence-electron chi connectivity index (χ3n) is 3.21. The summed E-state index contributed by atoms with van der Waals surface area (Å²) in [6.07, 6.45) is -4.09. The van der Waals surface area contributed by atoms with Gasteiger partial charge in [0.1, 0.15) is 0 Å². The first-order valence-electron chi connectivity index (χ1n) is 6.70. The smallest absolute Gasteiger partial charge is 0.310 e. The van der Waals surface area contributed by atoms with Gasteiger partial charge in [0.25, 0.3) is 0 Å². The molecule has 4 heteroatoms. The molecule has 0 bridgehead atoms. The first-order chi connectivity index (χ1) is 8.83. The molecule has 0 spiro atoms. The highest BCUT2D eigenvalue weighted by Gasteiger charge is 2.27. The van der Waals surface area contributed by atoms with Gasteiger partial charge in [-0.05, 0) is 44.4 Å². The maximum absolute atomic E-state index is 12.2. The Labute approximate surface area is 113 Å². The highest BCUT2D eigenvalue weighted by atomic mass is 19.4. The number of aryl methyl sites for hydroxylation is 2. The van der Waals surface area contributed by atoms with E-state index in [1.807, 2.05) is 32.9 Å². The van der Waals surface area contributed by atoms with Gasteiger partial charge in [0.2, 0.25) is 0 Å². The molecule has 1 N–H and O–H groups in total. The normalized spacial score (nSPS) is 13.6. The van der Waals surface area contributed by atoms with Crippen molar-refractivity contribution >= 4 is 0 Å². The lowest BCUT2D eigenvalue weighted by Crippen LogP contribution is -2.22. The lowest BCUT2D eigenvalue weighted by atomic mass is 9.95. The molecule has 0 aliphatic heterocycles. The van der Waals surface area contributed by atoms with Crippen molar-refractivity contribution in [3.05, 3.63) is 34.9 Å². The van der Waals surface area contributed by atoms with Gasteiger partial charge >= 0.3 is 6.18 Å². The maximum atomic E-state index is 12.2. The third kappa shape index (κ3) is 5.64. The molecule has 1 nitrogen and oxygen atoms in total. The zero-order chi connectivity index (χ0) is 14.5. The summed E-state index contributed by atoms with van der Waals surface area (Å²) in [7, 11) is 0. The maximum Gasteiger partial charge on any atom is 0.389 e. The molecule has 0 aliphatic carbocycles. The zero-order valence-electron chi connectivity index (χ0n) is 11.8. The van der Waals surface area contributed by atoms with Gasteiger partial charge in [-0.2, -0.15) is 13.2 Å². The van der Waals surface area contributed by atoms with Crippen LogP contribution in [0.5, 0.6) is 0 Å². The van der Waals surface area contributed by atoms with Crippen LogP contribution in [0, 0.1) is 13.8 Å². The molecule has 0 fully saturated rings. The highest BCUT2D eigenvalue weighted by Crippen LogP contribution is 2.28. The molecule has 1 unspecified atom stereocenters. The number of halogens is 3. The number of nitrogens with one attached hydrogen (secondary N) is 1. The predicted octanol–water partition coefficient (Wildman–Crippen LogP) is 4.69. The van der Waals surface area contributed by atoms with Crippen LogP contribution in [-0.2, 0) is 0 Å². The first kappa shape index (κ1) is 16.0. The van der Waals surface area contributed by atoms with Crippen LogP contribution < -0.4 is 5.32 Å². The Kier molecular flexibility index (Phi) is 5.85. The summed E-state index contributed by atoms with van der Waals surface area (Å²) in [6.45, 7) is 6.73. The minimum Gasteiger partial charge on any atom is -0.310 e. The third-order valence-corrected chi connectivity index (χ3v) is 3.21.